The number of rotatable bonds is 5. The highest BCUT2D eigenvalue weighted by Crippen LogP contribution is 2.20. The fourth-order valence-corrected chi connectivity index (χ4v) is 2.97. The van der Waals surface area contributed by atoms with Gasteiger partial charge in [-0.15, -0.1) is 0 Å². The molecule has 3 rings (SSSR count). The van der Waals surface area contributed by atoms with Crippen LogP contribution in [0.3, 0.4) is 0 Å². The van der Waals surface area contributed by atoms with Gasteiger partial charge in [0.1, 0.15) is 6.04 Å². The lowest BCUT2D eigenvalue weighted by Crippen LogP contribution is -2.41. The van der Waals surface area contributed by atoms with Crippen LogP contribution in [0.25, 0.3) is 0 Å². The Labute approximate surface area is 158 Å². The molecule has 0 fully saturated rings. The Kier molecular flexibility index (Phi) is 5.54. The van der Waals surface area contributed by atoms with Gasteiger partial charge >= 0.3 is 0 Å². The zero-order valence-corrected chi connectivity index (χ0v) is 15.4. The summed E-state index contributed by atoms with van der Waals surface area (Å²) >= 11 is 0. The summed E-state index contributed by atoms with van der Waals surface area (Å²) in [5.74, 6) is -0.409. The smallest absolute Gasteiger partial charge is 0.254 e. The third kappa shape index (κ3) is 4.53. The second kappa shape index (κ2) is 8.03. The molecule has 0 unspecified atom stereocenters. The maximum absolute atomic E-state index is 12.3. The SMILES string of the molecule is CC(C)c1ccc(NC(=O)CC[C@@H]2NC(=O)c3ccccc3NC2=O)cc1. The van der Waals surface area contributed by atoms with Gasteiger partial charge in [0.25, 0.3) is 5.91 Å². The summed E-state index contributed by atoms with van der Waals surface area (Å²) in [7, 11) is 0. The van der Waals surface area contributed by atoms with Gasteiger partial charge < -0.3 is 16.0 Å². The van der Waals surface area contributed by atoms with E-state index in [4.69, 9.17) is 0 Å². The monoisotopic (exact) mass is 365 g/mol. The van der Waals surface area contributed by atoms with E-state index in [2.05, 4.69) is 29.8 Å². The molecular formula is C21H23N3O3. The van der Waals surface area contributed by atoms with E-state index in [9.17, 15) is 14.4 Å². The zero-order valence-electron chi connectivity index (χ0n) is 15.4. The standard InChI is InChI=1S/C21H23N3O3/c1-13(2)14-7-9-15(10-8-14)22-19(25)12-11-18-21(27)23-17-6-4-3-5-16(17)20(26)24-18/h3-10,13,18H,11-12H2,1-2H3,(H,22,25)(H,23,27)(H,24,26)/t18-/m0/s1. The van der Waals surface area contributed by atoms with Crippen LogP contribution in [0.15, 0.2) is 48.5 Å². The minimum Gasteiger partial charge on any atom is -0.340 e. The van der Waals surface area contributed by atoms with Crippen molar-refractivity contribution >= 4 is 29.1 Å². The van der Waals surface area contributed by atoms with Crippen LogP contribution in [0.1, 0.15) is 48.5 Å². The molecule has 1 aliphatic heterocycles. The summed E-state index contributed by atoms with van der Waals surface area (Å²) in [6.07, 6.45) is 0.349. The number of hydrogen-bond acceptors (Lipinski definition) is 3. The van der Waals surface area contributed by atoms with Gasteiger partial charge in [0, 0.05) is 12.1 Å². The first-order chi connectivity index (χ1) is 12.9. The van der Waals surface area contributed by atoms with Gasteiger partial charge in [-0.2, -0.15) is 0 Å². The third-order valence-electron chi connectivity index (χ3n) is 4.57. The van der Waals surface area contributed by atoms with E-state index in [0.29, 0.717) is 22.9 Å². The number of hydrogen-bond donors (Lipinski definition) is 3. The van der Waals surface area contributed by atoms with Crippen molar-refractivity contribution < 1.29 is 14.4 Å². The summed E-state index contributed by atoms with van der Waals surface area (Å²) in [4.78, 5) is 36.8. The molecule has 1 aliphatic rings. The third-order valence-corrected chi connectivity index (χ3v) is 4.57. The van der Waals surface area contributed by atoms with Gasteiger partial charge in [0.15, 0.2) is 0 Å². The van der Waals surface area contributed by atoms with E-state index in [1.807, 2.05) is 24.3 Å². The minimum absolute atomic E-state index is 0.126. The first-order valence-electron chi connectivity index (χ1n) is 9.04. The molecule has 0 saturated carbocycles. The predicted molar refractivity (Wildman–Crippen MR) is 105 cm³/mol. The Bertz CT molecular complexity index is 859. The Morgan fingerprint density at radius 3 is 2.48 bits per heavy atom. The molecule has 3 amide bonds. The van der Waals surface area contributed by atoms with Gasteiger partial charge in [-0.1, -0.05) is 38.1 Å². The molecular weight excluding hydrogens is 342 g/mol. The van der Waals surface area contributed by atoms with Crippen LogP contribution in [-0.4, -0.2) is 23.8 Å². The molecule has 6 heteroatoms. The normalized spacial score (nSPS) is 16.2. The van der Waals surface area contributed by atoms with E-state index < -0.39 is 6.04 Å². The molecule has 0 radical (unpaired) electrons. The molecule has 6 nitrogen and oxygen atoms in total. The lowest BCUT2D eigenvalue weighted by atomic mass is 10.0. The number of benzene rings is 2. The van der Waals surface area contributed by atoms with Crippen molar-refractivity contribution in [1.29, 1.82) is 0 Å². The summed E-state index contributed by atoms with van der Waals surface area (Å²) in [6.45, 7) is 4.22. The maximum Gasteiger partial charge on any atom is 0.254 e. The highest BCUT2D eigenvalue weighted by atomic mass is 16.2. The topological polar surface area (TPSA) is 87.3 Å². The van der Waals surface area contributed by atoms with Crippen LogP contribution < -0.4 is 16.0 Å². The second-order valence-electron chi connectivity index (χ2n) is 6.92. The van der Waals surface area contributed by atoms with E-state index in [1.165, 1.54) is 5.56 Å². The summed E-state index contributed by atoms with van der Waals surface area (Å²) < 4.78 is 0. The van der Waals surface area contributed by atoms with E-state index in [-0.39, 0.29) is 30.6 Å². The number of anilines is 2. The first-order valence-corrected chi connectivity index (χ1v) is 9.04. The lowest BCUT2D eigenvalue weighted by Gasteiger charge is -2.14. The van der Waals surface area contributed by atoms with Crippen molar-refractivity contribution in [3.8, 4) is 0 Å². The Balaban J connectivity index is 1.57. The molecule has 2 aromatic rings. The molecule has 140 valence electrons. The van der Waals surface area contributed by atoms with E-state index in [0.717, 1.165) is 0 Å². The van der Waals surface area contributed by atoms with E-state index >= 15 is 0 Å². The average Bonchev–Trinajstić information content (AvgIpc) is 2.77. The molecule has 0 saturated heterocycles. The van der Waals surface area contributed by atoms with Crippen LogP contribution in [0, 0.1) is 0 Å². The Hall–Kier alpha value is -3.15. The summed E-state index contributed by atoms with van der Waals surface area (Å²) in [5, 5.41) is 8.26. The van der Waals surface area contributed by atoms with Gasteiger partial charge in [-0.3, -0.25) is 14.4 Å². The molecule has 1 atom stereocenters. The highest BCUT2D eigenvalue weighted by molar-refractivity contribution is 6.09. The first kappa shape index (κ1) is 18.6. The molecule has 2 aromatic carbocycles. The van der Waals surface area contributed by atoms with Gasteiger partial charge in [0.2, 0.25) is 11.8 Å². The van der Waals surface area contributed by atoms with Crippen molar-refractivity contribution in [2.24, 2.45) is 0 Å². The maximum atomic E-state index is 12.3. The molecule has 1 heterocycles. The van der Waals surface area contributed by atoms with Crippen molar-refractivity contribution in [2.45, 2.75) is 38.6 Å². The van der Waals surface area contributed by atoms with Crippen molar-refractivity contribution in [3.63, 3.8) is 0 Å². The summed E-state index contributed by atoms with van der Waals surface area (Å²) in [5.41, 5.74) is 2.82. The van der Waals surface area contributed by atoms with E-state index in [1.54, 1.807) is 24.3 Å². The van der Waals surface area contributed by atoms with Crippen molar-refractivity contribution in [3.05, 3.63) is 59.7 Å². The fraction of sp³-hybridized carbons (Fsp3) is 0.286. The average molecular weight is 365 g/mol. The lowest BCUT2D eigenvalue weighted by molar-refractivity contribution is -0.118. The number of amides is 3. The van der Waals surface area contributed by atoms with Crippen LogP contribution in [0.2, 0.25) is 0 Å². The Morgan fingerprint density at radius 2 is 1.78 bits per heavy atom. The molecule has 0 aliphatic carbocycles. The molecule has 0 spiro atoms. The van der Waals surface area contributed by atoms with Crippen LogP contribution in [0.5, 0.6) is 0 Å². The number of fused-ring (bicyclic) bond motifs is 1. The van der Waals surface area contributed by atoms with Gasteiger partial charge in [0.05, 0.1) is 11.3 Å². The van der Waals surface area contributed by atoms with Crippen LogP contribution >= 0.6 is 0 Å². The highest BCUT2D eigenvalue weighted by Gasteiger charge is 2.27. The van der Waals surface area contributed by atoms with Crippen molar-refractivity contribution in [1.82, 2.24) is 5.32 Å². The molecule has 0 bridgehead atoms. The minimum atomic E-state index is -0.751. The quantitative estimate of drug-likeness (QED) is 0.760. The fourth-order valence-electron chi connectivity index (χ4n) is 2.97. The largest absolute Gasteiger partial charge is 0.340 e. The molecule has 3 N–H and O–H groups in total. The molecule has 27 heavy (non-hydrogen) atoms. The van der Waals surface area contributed by atoms with Gasteiger partial charge in [-0.25, -0.2) is 0 Å². The number of carbonyl (C=O) groups is 3. The number of nitrogens with one attached hydrogen (secondary N) is 3. The number of para-hydroxylation sites is 1. The Morgan fingerprint density at radius 1 is 1.07 bits per heavy atom. The van der Waals surface area contributed by atoms with Crippen LogP contribution in [-0.2, 0) is 9.59 Å². The van der Waals surface area contributed by atoms with Crippen molar-refractivity contribution in [2.75, 3.05) is 10.6 Å². The van der Waals surface area contributed by atoms with Crippen LogP contribution in [0.4, 0.5) is 11.4 Å². The molecule has 0 aromatic heterocycles. The predicted octanol–water partition coefficient (Wildman–Crippen LogP) is 3.28. The zero-order chi connectivity index (χ0) is 19.4. The van der Waals surface area contributed by atoms with Gasteiger partial charge in [-0.05, 0) is 42.2 Å². The summed E-state index contributed by atoms with van der Waals surface area (Å²) in [6, 6.07) is 13.8. The second-order valence-corrected chi connectivity index (χ2v) is 6.92. The number of carbonyl (C=O) groups excluding carboxylic acids is 3.